The molecule has 0 saturated carbocycles. The number of aliphatic hydroxyl groups is 2. The number of hydrogen-bond acceptors (Lipinski definition) is 6. The van der Waals surface area contributed by atoms with Crippen LogP contribution in [0.1, 0.15) is 28.9 Å². The number of nitrogens with one attached hydrogen (secondary N) is 1. The lowest BCUT2D eigenvalue weighted by Gasteiger charge is -2.21. The lowest BCUT2D eigenvalue weighted by atomic mass is 10.0. The molecule has 1 rings (SSSR count). The van der Waals surface area contributed by atoms with Gasteiger partial charge in [0.05, 0.1) is 19.8 Å². The summed E-state index contributed by atoms with van der Waals surface area (Å²) in [5.41, 5.74) is 0.456. The highest BCUT2D eigenvalue weighted by atomic mass is 16.5. The van der Waals surface area contributed by atoms with E-state index in [9.17, 15) is 19.8 Å². The number of ether oxygens (including phenoxy) is 2. The minimum Gasteiger partial charge on any atom is -0.496 e. The van der Waals surface area contributed by atoms with Crippen molar-refractivity contribution in [2.75, 3.05) is 20.8 Å². The summed E-state index contributed by atoms with van der Waals surface area (Å²) in [4.78, 5) is 22.3. The highest BCUT2D eigenvalue weighted by molar-refractivity contribution is 5.89. The standard InChI is InChI=1S/C14H19NO6/c1-8(16)15-7-11(17)13(18)10-6-9(14(19)21-3)4-5-12(10)20-2/h4-6,11,13,17-18H,7H2,1-3H3,(H,15,16). The van der Waals surface area contributed by atoms with E-state index in [0.29, 0.717) is 5.75 Å². The summed E-state index contributed by atoms with van der Waals surface area (Å²) in [6, 6.07) is 4.36. The summed E-state index contributed by atoms with van der Waals surface area (Å²) in [5.74, 6) is -0.573. The second-order valence-electron chi connectivity index (χ2n) is 4.40. The first-order valence-corrected chi connectivity index (χ1v) is 6.27. The maximum absolute atomic E-state index is 11.5. The number of carbonyl (C=O) groups is 2. The van der Waals surface area contributed by atoms with Crippen LogP contribution < -0.4 is 10.1 Å². The van der Waals surface area contributed by atoms with Gasteiger partial charge in [-0.15, -0.1) is 0 Å². The Morgan fingerprint density at radius 1 is 1.29 bits per heavy atom. The van der Waals surface area contributed by atoms with Gasteiger partial charge in [0.1, 0.15) is 18.0 Å². The fraction of sp³-hybridized carbons (Fsp3) is 0.429. The zero-order chi connectivity index (χ0) is 16.0. The largest absolute Gasteiger partial charge is 0.496 e. The van der Waals surface area contributed by atoms with E-state index in [4.69, 9.17) is 4.74 Å². The van der Waals surface area contributed by atoms with Gasteiger partial charge in [0.15, 0.2) is 0 Å². The first-order chi connectivity index (χ1) is 9.90. The van der Waals surface area contributed by atoms with Crippen molar-refractivity contribution in [2.45, 2.75) is 19.1 Å². The second-order valence-corrected chi connectivity index (χ2v) is 4.40. The van der Waals surface area contributed by atoms with Gasteiger partial charge >= 0.3 is 5.97 Å². The number of rotatable bonds is 6. The summed E-state index contributed by atoms with van der Waals surface area (Å²) in [5, 5.41) is 22.5. The third-order valence-electron chi connectivity index (χ3n) is 2.89. The van der Waals surface area contributed by atoms with E-state index < -0.39 is 18.2 Å². The normalized spacial score (nSPS) is 13.2. The number of carbonyl (C=O) groups excluding carboxylic acids is 2. The van der Waals surface area contributed by atoms with Crippen molar-refractivity contribution in [3.8, 4) is 5.75 Å². The number of aliphatic hydroxyl groups excluding tert-OH is 2. The molecule has 2 unspecified atom stereocenters. The lowest BCUT2D eigenvalue weighted by molar-refractivity contribution is -0.119. The molecule has 0 aliphatic carbocycles. The van der Waals surface area contributed by atoms with Gasteiger partial charge in [0.2, 0.25) is 5.91 Å². The molecule has 0 fully saturated rings. The van der Waals surface area contributed by atoms with Gasteiger partial charge < -0.3 is 25.0 Å². The fourth-order valence-electron chi connectivity index (χ4n) is 1.78. The molecule has 7 heteroatoms. The van der Waals surface area contributed by atoms with E-state index in [0.717, 1.165) is 0 Å². The van der Waals surface area contributed by atoms with Gasteiger partial charge in [-0.2, -0.15) is 0 Å². The molecular weight excluding hydrogens is 278 g/mol. The summed E-state index contributed by atoms with van der Waals surface area (Å²) < 4.78 is 9.70. The monoisotopic (exact) mass is 297 g/mol. The molecule has 0 heterocycles. The van der Waals surface area contributed by atoms with Crippen molar-refractivity contribution in [3.63, 3.8) is 0 Å². The Morgan fingerprint density at radius 3 is 2.48 bits per heavy atom. The van der Waals surface area contributed by atoms with Crippen LogP contribution in [0.15, 0.2) is 18.2 Å². The van der Waals surface area contributed by atoms with Crippen LogP contribution >= 0.6 is 0 Å². The van der Waals surface area contributed by atoms with Gasteiger partial charge in [0, 0.05) is 19.0 Å². The Morgan fingerprint density at radius 2 is 1.95 bits per heavy atom. The van der Waals surface area contributed by atoms with Crippen molar-refractivity contribution in [3.05, 3.63) is 29.3 Å². The summed E-state index contributed by atoms with van der Waals surface area (Å²) in [6.07, 6.45) is -2.56. The molecule has 1 aromatic rings. The van der Waals surface area contributed by atoms with Crippen LogP contribution in [0.4, 0.5) is 0 Å². The second kappa shape index (κ2) is 7.61. The Kier molecular flexibility index (Phi) is 6.13. The van der Waals surface area contributed by atoms with Crippen molar-refractivity contribution in [1.29, 1.82) is 0 Å². The average molecular weight is 297 g/mol. The van der Waals surface area contributed by atoms with E-state index in [1.807, 2.05) is 0 Å². The lowest BCUT2D eigenvalue weighted by Crippen LogP contribution is -2.34. The number of hydrogen-bond donors (Lipinski definition) is 3. The quantitative estimate of drug-likeness (QED) is 0.639. The first-order valence-electron chi connectivity index (χ1n) is 6.27. The maximum atomic E-state index is 11.5. The van der Waals surface area contributed by atoms with E-state index in [-0.39, 0.29) is 23.6 Å². The fourth-order valence-corrected chi connectivity index (χ4v) is 1.78. The topological polar surface area (TPSA) is 105 Å². The van der Waals surface area contributed by atoms with Gasteiger partial charge in [0.25, 0.3) is 0 Å². The highest BCUT2D eigenvalue weighted by Gasteiger charge is 2.23. The molecule has 0 spiro atoms. The average Bonchev–Trinajstić information content (AvgIpc) is 2.50. The Hall–Kier alpha value is -2.12. The van der Waals surface area contributed by atoms with E-state index >= 15 is 0 Å². The Labute approximate surface area is 122 Å². The minimum atomic E-state index is -1.32. The number of methoxy groups -OCH3 is 2. The molecular formula is C14H19NO6. The van der Waals surface area contributed by atoms with E-state index in [1.54, 1.807) is 0 Å². The number of esters is 1. The summed E-state index contributed by atoms with van der Waals surface area (Å²) in [7, 11) is 2.65. The van der Waals surface area contributed by atoms with Crippen molar-refractivity contribution >= 4 is 11.9 Å². The molecule has 0 aliphatic rings. The third-order valence-corrected chi connectivity index (χ3v) is 2.89. The predicted molar refractivity (Wildman–Crippen MR) is 74.0 cm³/mol. The van der Waals surface area contributed by atoms with Crippen LogP contribution in [0.5, 0.6) is 5.75 Å². The third kappa shape index (κ3) is 4.44. The Balaban J connectivity index is 3.02. The SMILES string of the molecule is COC(=O)c1ccc(OC)c(C(O)C(O)CNC(C)=O)c1. The van der Waals surface area contributed by atoms with Crippen molar-refractivity contribution < 1.29 is 29.3 Å². The predicted octanol–water partition coefficient (Wildman–Crippen LogP) is 0.0122. The molecule has 1 aromatic carbocycles. The first kappa shape index (κ1) is 16.9. The van der Waals surface area contributed by atoms with Crippen LogP contribution in [-0.4, -0.2) is 49.0 Å². The molecule has 3 N–H and O–H groups in total. The molecule has 0 bridgehead atoms. The van der Waals surface area contributed by atoms with Gasteiger partial charge in [-0.05, 0) is 18.2 Å². The molecule has 1 amide bonds. The smallest absolute Gasteiger partial charge is 0.337 e. The van der Waals surface area contributed by atoms with Crippen molar-refractivity contribution in [1.82, 2.24) is 5.32 Å². The van der Waals surface area contributed by atoms with Crippen LogP contribution in [0.3, 0.4) is 0 Å². The number of amides is 1. The zero-order valence-corrected chi connectivity index (χ0v) is 12.1. The number of benzene rings is 1. The molecule has 0 saturated heterocycles. The van der Waals surface area contributed by atoms with E-state index in [1.165, 1.54) is 39.3 Å². The van der Waals surface area contributed by atoms with E-state index in [2.05, 4.69) is 10.1 Å². The van der Waals surface area contributed by atoms with Gasteiger partial charge in [-0.3, -0.25) is 4.79 Å². The maximum Gasteiger partial charge on any atom is 0.337 e. The molecule has 21 heavy (non-hydrogen) atoms. The Bertz CT molecular complexity index is 516. The summed E-state index contributed by atoms with van der Waals surface area (Å²) in [6.45, 7) is 1.18. The zero-order valence-electron chi connectivity index (χ0n) is 12.1. The molecule has 7 nitrogen and oxygen atoms in total. The molecule has 2 atom stereocenters. The van der Waals surface area contributed by atoms with Crippen LogP contribution in [-0.2, 0) is 9.53 Å². The molecule has 0 radical (unpaired) electrons. The molecule has 0 aromatic heterocycles. The molecule has 116 valence electrons. The van der Waals surface area contributed by atoms with Gasteiger partial charge in [-0.1, -0.05) is 0 Å². The van der Waals surface area contributed by atoms with Crippen molar-refractivity contribution in [2.24, 2.45) is 0 Å². The van der Waals surface area contributed by atoms with Gasteiger partial charge in [-0.25, -0.2) is 4.79 Å². The molecule has 0 aliphatic heterocycles. The summed E-state index contributed by atoms with van der Waals surface area (Å²) >= 11 is 0. The van der Waals surface area contributed by atoms with Crippen LogP contribution in [0.25, 0.3) is 0 Å². The minimum absolute atomic E-state index is 0.123. The van der Waals surface area contributed by atoms with Crippen LogP contribution in [0.2, 0.25) is 0 Å². The highest BCUT2D eigenvalue weighted by Crippen LogP contribution is 2.28. The van der Waals surface area contributed by atoms with Crippen LogP contribution in [0, 0.1) is 0 Å².